The Bertz CT molecular complexity index is 391. The fourth-order valence-corrected chi connectivity index (χ4v) is 2.10. The van der Waals surface area contributed by atoms with Crippen molar-refractivity contribution >= 4 is 11.6 Å². The van der Waals surface area contributed by atoms with Gasteiger partial charge < -0.3 is 4.74 Å². The average molecular weight is 270 g/mol. The summed E-state index contributed by atoms with van der Waals surface area (Å²) in [6.07, 6.45) is 1.87. The third-order valence-corrected chi connectivity index (χ3v) is 3.70. The summed E-state index contributed by atoms with van der Waals surface area (Å²) in [4.78, 5) is 10.9. The van der Waals surface area contributed by atoms with E-state index in [4.69, 9.17) is 16.3 Å². The van der Waals surface area contributed by atoms with E-state index in [1.807, 2.05) is 19.1 Å². The lowest BCUT2D eigenvalue weighted by molar-refractivity contribution is 0.239. The first kappa shape index (κ1) is 15.0. The molecular weight excluding hydrogens is 250 g/mol. The van der Waals surface area contributed by atoms with Crippen LogP contribution in [0.25, 0.3) is 0 Å². The smallest absolute Gasteiger partial charge is 0.129 e. The highest BCUT2D eigenvalue weighted by Gasteiger charge is 2.20. The van der Waals surface area contributed by atoms with Crippen LogP contribution in [0.3, 0.4) is 0 Å². The second kappa shape index (κ2) is 7.37. The number of nitroso groups, excluding NO2 is 1. The van der Waals surface area contributed by atoms with Crippen LogP contribution in [0.15, 0.2) is 23.4 Å². The fourth-order valence-electron chi connectivity index (χ4n) is 1.93. The maximum absolute atomic E-state index is 10.9. The van der Waals surface area contributed by atoms with Gasteiger partial charge >= 0.3 is 0 Å². The van der Waals surface area contributed by atoms with Crippen molar-refractivity contribution < 1.29 is 4.74 Å². The summed E-state index contributed by atoms with van der Waals surface area (Å²) in [5.74, 6) is 0.966. The minimum Gasteiger partial charge on any atom is -0.491 e. The van der Waals surface area contributed by atoms with E-state index in [1.54, 1.807) is 6.07 Å². The maximum atomic E-state index is 10.9. The molecule has 0 heterocycles. The molecule has 0 radical (unpaired) electrons. The number of benzene rings is 1. The molecule has 0 aliphatic rings. The zero-order valence-corrected chi connectivity index (χ0v) is 11.9. The van der Waals surface area contributed by atoms with Crippen LogP contribution < -0.4 is 4.74 Å². The number of halogens is 1. The van der Waals surface area contributed by atoms with Gasteiger partial charge in [0.05, 0.1) is 0 Å². The summed E-state index contributed by atoms with van der Waals surface area (Å²) < 4.78 is 5.60. The van der Waals surface area contributed by atoms with Gasteiger partial charge in [0.25, 0.3) is 0 Å². The Balaban J connectivity index is 2.62. The monoisotopic (exact) mass is 269 g/mol. The predicted molar refractivity (Wildman–Crippen MR) is 75.3 cm³/mol. The molecule has 1 aromatic carbocycles. The molecule has 100 valence electrons. The Hall–Kier alpha value is -1.09. The molecule has 0 fully saturated rings. The minimum absolute atomic E-state index is 0.281. The van der Waals surface area contributed by atoms with Gasteiger partial charge in [-0.2, -0.15) is 4.91 Å². The van der Waals surface area contributed by atoms with E-state index >= 15 is 0 Å². The highest BCUT2D eigenvalue weighted by molar-refractivity contribution is 6.31. The molecule has 0 N–H and O–H groups in total. The topological polar surface area (TPSA) is 38.7 Å². The Kier molecular flexibility index (Phi) is 6.13. The quantitative estimate of drug-likeness (QED) is 0.679. The Morgan fingerprint density at radius 2 is 2.00 bits per heavy atom. The number of nitrogens with zero attached hydrogens (tertiary/aromatic N) is 1. The van der Waals surface area contributed by atoms with Crippen molar-refractivity contribution in [3.63, 3.8) is 0 Å². The van der Waals surface area contributed by atoms with Crippen LogP contribution in [0, 0.1) is 17.7 Å². The Morgan fingerprint density at radius 3 is 2.50 bits per heavy atom. The van der Waals surface area contributed by atoms with Gasteiger partial charge in [-0.25, -0.2) is 0 Å². The molecule has 1 aromatic rings. The van der Waals surface area contributed by atoms with Crippen molar-refractivity contribution in [2.75, 3.05) is 6.61 Å². The predicted octanol–water partition coefficient (Wildman–Crippen LogP) is 4.60. The van der Waals surface area contributed by atoms with Crippen LogP contribution >= 0.6 is 11.6 Å². The van der Waals surface area contributed by atoms with Gasteiger partial charge in [-0.15, -0.1) is 0 Å². The van der Waals surface area contributed by atoms with E-state index in [0.29, 0.717) is 17.4 Å². The molecule has 0 spiro atoms. The molecule has 0 saturated carbocycles. The van der Waals surface area contributed by atoms with Crippen LogP contribution in [0.4, 0.5) is 0 Å². The van der Waals surface area contributed by atoms with Gasteiger partial charge in [0.2, 0.25) is 0 Å². The first-order chi connectivity index (χ1) is 8.62. The van der Waals surface area contributed by atoms with Gasteiger partial charge in [-0.05, 0) is 30.5 Å². The third kappa shape index (κ3) is 3.98. The maximum Gasteiger partial charge on any atom is 0.129 e. The summed E-state index contributed by atoms with van der Waals surface area (Å²) >= 11 is 6.01. The molecule has 1 atom stereocenters. The van der Waals surface area contributed by atoms with E-state index in [1.165, 1.54) is 0 Å². The summed E-state index contributed by atoms with van der Waals surface area (Å²) in [7, 11) is 0. The van der Waals surface area contributed by atoms with Crippen LogP contribution in [-0.2, 0) is 0 Å². The molecule has 1 unspecified atom stereocenters. The van der Waals surface area contributed by atoms with E-state index in [-0.39, 0.29) is 12.0 Å². The van der Waals surface area contributed by atoms with Gasteiger partial charge in [0.1, 0.15) is 18.4 Å². The van der Waals surface area contributed by atoms with Crippen LogP contribution in [0.2, 0.25) is 5.02 Å². The summed E-state index contributed by atoms with van der Waals surface area (Å²) in [5.41, 5.74) is 1.01. The van der Waals surface area contributed by atoms with Crippen molar-refractivity contribution in [3.05, 3.63) is 33.7 Å². The summed E-state index contributed by atoms with van der Waals surface area (Å²) in [6, 6.07) is 5.24. The first-order valence-corrected chi connectivity index (χ1v) is 6.71. The largest absolute Gasteiger partial charge is 0.491 e. The molecule has 18 heavy (non-hydrogen) atoms. The van der Waals surface area contributed by atoms with Crippen molar-refractivity contribution in [1.29, 1.82) is 0 Å². The molecular formula is C14H20ClNO2. The molecule has 1 rings (SSSR count). The first-order valence-electron chi connectivity index (χ1n) is 6.33. The van der Waals surface area contributed by atoms with Crippen LogP contribution in [0.1, 0.15) is 32.3 Å². The van der Waals surface area contributed by atoms with Crippen molar-refractivity contribution in [2.24, 2.45) is 11.1 Å². The average Bonchev–Trinajstić information content (AvgIpc) is 2.38. The number of hydrogen-bond donors (Lipinski definition) is 0. The van der Waals surface area contributed by atoms with Crippen LogP contribution in [-0.4, -0.2) is 12.6 Å². The Morgan fingerprint density at radius 1 is 1.33 bits per heavy atom. The van der Waals surface area contributed by atoms with Crippen molar-refractivity contribution in [1.82, 2.24) is 0 Å². The second-order valence-electron chi connectivity index (χ2n) is 4.47. The van der Waals surface area contributed by atoms with Gasteiger partial charge in [0.15, 0.2) is 0 Å². The van der Waals surface area contributed by atoms with E-state index in [9.17, 15) is 4.91 Å². The van der Waals surface area contributed by atoms with Gasteiger partial charge in [-0.3, -0.25) is 0 Å². The number of rotatable bonds is 7. The molecule has 0 amide bonds. The number of hydrogen-bond acceptors (Lipinski definition) is 3. The van der Waals surface area contributed by atoms with E-state index in [2.05, 4.69) is 19.0 Å². The zero-order chi connectivity index (χ0) is 13.5. The van der Waals surface area contributed by atoms with Gasteiger partial charge in [0, 0.05) is 5.02 Å². The molecule has 0 aliphatic heterocycles. The highest BCUT2D eigenvalue weighted by Crippen LogP contribution is 2.23. The lowest BCUT2D eigenvalue weighted by atomic mass is 9.95. The minimum atomic E-state index is -0.292. The number of aryl methyl sites for hydroxylation is 1. The van der Waals surface area contributed by atoms with Crippen LogP contribution in [0.5, 0.6) is 5.75 Å². The Labute approximate surface area is 113 Å². The molecule has 0 aromatic heterocycles. The fraction of sp³-hybridized carbons (Fsp3) is 0.571. The lowest BCUT2D eigenvalue weighted by Crippen LogP contribution is -2.24. The molecule has 0 saturated heterocycles. The van der Waals surface area contributed by atoms with Crippen molar-refractivity contribution in [2.45, 2.75) is 39.7 Å². The molecule has 3 nitrogen and oxygen atoms in total. The van der Waals surface area contributed by atoms with Crippen molar-refractivity contribution in [3.8, 4) is 5.75 Å². The van der Waals surface area contributed by atoms with E-state index in [0.717, 1.165) is 18.4 Å². The highest BCUT2D eigenvalue weighted by atomic mass is 35.5. The normalized spacial score (nSPS) is 12.5. The SMILES string of the molecule is CCC(CC)C(COc1ccc(C)c(Cl)c1)N=O. The third-order valence-electron chi connectivity index (χ3n) is 3.29. The zero-order valence-electron chi connectivity index (χ0n) is 11.1. The van der Waals surface area contributed by atoms with Gasteiger partial charge in [-0.1, -0.05) is 49.5 Å². The molecule has 0 bridgehead atoms. The standard InChI is InChI=1S/C14H20ClNO2/c1-4-11(5-2)14(16-17)9-18-12-7-6-10(3)13(15)8-12/h6-8,11,14H,4-5,9H2,1-3H3. The number of ether oxygens (including phenoxy) is 1. The summed E-state index contributed by atoms with van der Waals surface area (Å²) in [6.45, 7) is 6.38. The molecule has 4 heteroatoms. The van der Waals surface area contributed by atoms with E-state index < -0.39 is 0 Å². The molecule has 0 aliphatic carbocycles. The lowest BCUT2D eigenvalue weighted by Gasteiger charge is -2.19. The second-order valence-corrected chi connectivity index (χ2v) is 4.88. The summed E-state index contributed by atoms with van der Waals surface area (Å²) in [5, 5.41) is 3.85.